The van der Waals surface area contributed by atoms with Crippen molar-refractivity contribution in [2.45, 2.75) is 54.3 Å². The Hall–Kier alpha value is -0.570. The van der Waals surface area contributed by atoms with Crippen LogP contribution in [0.3, 0.4) is 0 Å². The van der Waals surface area contributed by atoms with Crippen LogP contribution in [-0.4, -0.2) is 18.9 Å². The van der Waals surface area contributed by atoms with Crippen molar-refractivity contribution in [1.29, 1.82) is 0 Å². The molecule has 0 fully saturated rings. The Balaban J connectivity index is 3.84. The first kappa shape index (κ1) is 14.4. The largest absolute Gasteiger partial charge is 0.436 e. The van der Waals surface area contributed by atoms with E-state index in [2.05, 4.69) is 20.8 Å². The number of esters is 1. The molecular formula is C12H24O3. The summed E-state index contributed by atoms with van der Waals surface area (Å²) in [5.41, 5.74) is 0.0943. The first-order valence-corrected chi connectivity index (χ1v) is 5.58. The van der Waals surface area contributed by atoms with Crippen LogP contribution in [0.2, 0.25) is 0 Å². The van der Waals surface area contributed by atoms with Crippen molar-refractivity contribution < 1.29 is 14.3 Å². The van der Waals surface area contributed by atoms with Gasteiger partial charge in [-0.1, -0.05) is 34.6 Å². The van der Waals surface area contributed by atoms with E-state index >= 15 is 0 Å². The van der Waals surface area contributed by atoms with E-state index in [0.717, 1.165) is 6.42 Å². The van der Waals surface area contributed by atoms with Gasteiger partial charge in [0.05, 0.1) is 12.5 Å². The minimum atomic E-state index is -0.453. The van der Waals surface area contributed by atoms with E-state index in [9.17, 15) is 4.79 Å². The van der Waals surface area contributed by atoms with Gasteiger partial charge in [-0.2, -0.15) is 0 Å². The third-order valence-corrected chi connectivity index (χ3v) is 2.05. The highest BCUT2D eigenvalue weighted by molar-refractivity contribution is 5.71. The molecule has 3 nitrogen and oxygen atoms in total. The quantitative estimate of drug-likeness (QED) is 0.523. The van der Waals surface area contributed by atoms with Gasteiger partial charge in [0.2, 0.25) is 0 Å². The molecule has 0 saturated carbocycles. The molecule has 0 heterocycles. The normalized spacial score (nSPS) is 15.9. The lowest BCUT2D eigenvalue weighted by Crippen LogP contribution is -2.26. The van der Waals surface area contributed by atoms with E-state index in [1.807, 2.05) is 13.8 Å². The second kappa shape index (κ2) is 6.11. The average Bonchev–Trinajstić information content (AvgIpc) is 2.12. The van der Waals surface area contributed by atoms with E-state index in [4.69, 9.17) is 9.47 Å². The van der Waals surface area contributed by atoms with Gasteiger partial charge in [-0.05, 0) is 18.8 Å². The summed E-state index contributed by atoms with van der Waals surface area (Å²) in [5, 5.41) is 0. The molecule has 0 aliphatic rings. The summed E-state index contributed by atoms with van der Waals surface area (Å²) in [6, 6.07) is 0. The lowest BCUT2D eigenvalue weighted by Gasteiger charge is -2.22. The van der Waals surface area contributed by atoms with Gasteiger partial charge in [-0.3, -0.25) is 4.79 Å². The summed E-state index contributed by atoms with van der Waals surface area (Å²) < 4.78 is 10.6. The number of carbonyl (C=O) groups excluding carboxylic acids is 1. The molecule has 0 N–H and O–H groups in total. The Morgan fingerprint density at radius 1 is 1.27 bits per heavy atom. The molecule has 0 aliphatic carbocycles. The summed E-state index contributed by atoms with van der Waals surface area (Å²) in [6.45, 7) is 12.4. The van der Waals surface area contributed by atoms with Crippen LogP contribution in [0.5, 0.6) is 0 Å². The summed E-state index contributed by atoms with van der Waals surface area (Å²) in [7, 11) is 0. The summed E-state index contributed by atoms with van der Waals surface area (Å²) in [5.74, 6) is -0.232. The molecule has 0 amide bonds. The Kier molecular flexibility index (Phi) is 5.88. The van der Waals surface area contributed by atoms with Gasteiger partial charge < -0.3 is 9.47 Å². The molecule has 0 spiro atoms. The lowest BCUT2D eigenvalue weighted by atomic mass is 9.99. The molecule has 0 aromatic heterocycles. The molecule has 0 aromatic rings. The Bertz CT molecular complexity index is 194. The van der Waals surface area contributed by atoms with Gasteiger partial charge in [0, 0.05) is 0 Å². The fourth-order valence-corrected chi connectivity index (χ4v) is 0.848. The fourth-order valence-electron chi connectivity index (χ4n) is 0.848. The average molecular weight is 216 g/mol. The maximum atomic E-state index is 11.4. The monoisotopic (exact) mass is 216 g/mol. The maximum absolute atomic E-state index is 11.4. The predicted molar refractivity (Wildman–Crippen MR) is 60.4 cm³/mol. The predicted octanol–water partition coefficient (Wildman–Crippen LogP) is 2.98. The standard InChI is InChI=1S/C12H24O3/c1-7-9(2)11(13)15-10(3)14-8-12(4,5)6/h9-10H,7-8H2,1-6H3. The van der Waals surface area contributed by atoms with E-state index in [1.165, 1.54) is 0 Å². The zero-order chi connectivity index (χ0) is 12.1. The summed E-state index contributed by atoms with van der Waals surface area (Å²) in [6.07, 6.45) is 0.343. The van der Waals surface area contributed by atoms with E-state index < -0.39 is 6.29 Å². The van der Waals surface area contributed by atoms with Crippen LogP contribution in [0.15, 0.2) is 0 Å². The zero-order valence-corrected chi connectivity index (χ0v) is 10.8. The van der Waals surface area contributed by atoms with Crippen molar-refractivity contribution >= 4 is 5.97 Å². The van der Waals surface area contributed by atoms with Gasteiger partial charge >= 0.3 is 5.97 Å². The molecule has 0 bridgehead atoms. The molecule has 0 aromatic carbocycles. The van der Waals surface area contributed by atoms with Crippen molar-refractivity contribution in [2.24, 2.45) is 11.3 Å². The van der Waals surface area contributed by atoms with Crippen LogP contribution in [0, 0.1) is 11.3 Å². The smallest absolute Gasteiger partial charge is 0.310 e. The van der Waals surface area contributed by atoms with E-state index in [-0.39, 0.29) is 17.3 Å². The number of hydrogen-bond acceptors (Lipinski definition) is 3. The van der Waals surface area contributed by atoms with Gasteiger partial charge in [0.25, 0.3) is 0 Å². The Labute approximate surface area is 93.1 Å². The summed E-state index contributed by atoms with van der Waals surface area (Å²) >= 11 is 0. The van der Waals surface area contributed by atoms with Gasteiger partial charge in [-0.25, -0.2) is 0 Å². The summed E-state index contributed by atoms with van der Waals surface area (Å²) in [4.78, 5) is 11.4. The maximum Gasteiger partial charge on any atom is 0.310 e. The molecule has 0 aliphatic heterocycles. The van der Waals surface area contributed by atoms with Crippen molar-refractivity contribution in [3.63, 3.8) is 0 Å². The van der Waals surface area contributed by atoms with Crippen LogP contribution < -0.4 is 0 Å². The molecule has 0 rings (SSSR count). The molecule has 2 atom stereocenters. The highest BCUT2D eigenvalue weighted by Crippen LogP contribution is 2.15. The third-order valence-electron chi connectivity index (χ3n) is 2.05. The number of rotatable bonds is 5. The second-order valence-corrected chi connectivity index (χ2v) is 5.19. The van der Waals surface area contributed by atoms with Crippen molar-refractivity contribution in [1.82, 2.24) is 0 Å². The van der Waals surface area contributed by atoms with Crippen molar-refractivity contribution in [3.05, 3.63) is 0 Å². The molecule has 90 valence electrons. The van der Waals surface area contributed by atoms with Gasteiger partial charge in [-0.15, -0.1) is 0 Å². The van der Waals surface area contributed by atoms with Crippen molar-refractivity contribution in [3.8, 4) is 0 Å². The van der Waals surface area contributed by atoms with Crippen LogP contribution in [0.25, 0.3) is 0 Å². The molecule has 15 heavy (non-hydrogen) atoms. The minimum absolute atomic E-state index is 0.0503. The van der Waals surface area contributed by atoms with Crippen LogP contribution >= 0.6 is 0 Å². The van der Waals surface area contributed by atoms with Crippen LogP contribution in [-0.2, 0) is 14.3 Å². The molecular weight excluding hydrogens is 192 g/mol. The third kappa shape index (κ3) is 7.37. The highest BCUT2D eigenvalue weighted by Gasteiger charge is 2.18. The second-order valence-electron chi connectivity index (χ2n) is 5.19. The molecule has 3 heteroatoms. The zero-order valence-electron chi connectivity index (χ0n) is 10.8. The highest BCUT2D eigenvalue weighted by atomic mass is 16.7. The van der Waals surface area contributed by atoms with Gasteiger partial charge in [0.1, 0.15) is 0 Å². The first-order valence-electron chi connectivity index (χ1n) is 5.58. The SMILES string of the molecule is CCC(C)C(=O)OC(C)OCC(C)(C)C. The number of carbonyl (C=O) groups is 1. The van der Waals surface area contributed by atoms with Gasteiger partial charge in [0.15, 0.2) is 6.29 Å². The van der Waals surface area contributed by atoms with Crippen molar-refractivity contribution in [2.75, 3.05) is 6.61 Å². The molecule has 2 unspecified atom stereocenters. The Morgan fingerprint density at radius 2 is 1.80 bits per heavy atom. The van der Waals surface area contributed by atoms with Crippen LogP contribution in [0.4, 0.5) is 0 Å². The Morgan fingerprint density at radius 3 is 2.20 bits per heavy atom. The first-order chi connectivity index (χ1) is 6.76. The van der Waals surface area contributed by atoms with Crippen LogP contribution in [0.1, 0.15) is 48.0 Å². The van der Waals surface area contributed by atoms with E-state index in [1.54, 1.807) is 6.92 Å². The molecule has 0 saturated heterocycles. The molecule has 0 radical (unpaired) electrons. The topological polar surface area (TPSA) is 35.5 Å². The lowest BCUT2D eigenvalue weighted by molar-refractivity contribution is -0.183. The number of ether oxygens (including phenoxy) is 2. The minimum Gasteiger partial charge on any atom is -0.436 e. The van der Waals surface area contributed by atoms with E-state index in [0.29, 0.717) is 6.61 Å². The number of hydrogen-bond donors (Lipinski definition) is 0. The fraction of sp³-hybridized carbons (Fsp3) is 0.917.